The average Bonchev–Trinajstić information content (AvgIpc) is 2.50. The molecule has 0 radical (unpaired) electrons. The van der Waals surface area contributed by atoms with Crippen LogP contribution < -0.4 is 11.3 Å². The van der Waals surface area contributed by atoms with Gasteiger partial charge in [0, 0.05) is 32.7 Å². The Morgan fingerprint density at radius 2 is 2.10 bits per heavy atom. The van der Waals surface area contributed by atoms with Crippen molar-refractivity contribution in [1.29, 1.82) is 0 Å². The molecular formula is C15H22F2N2O2. The van der Waals surface area contributed by atoms with Crippen molar-refractivity contribution in [3.8, 4) is 0 Å². The molecule has 1 aliphatic rings. The molecule has 0 spiro atoms. The van der Waals surface area contributed by atoms with Crippen molar-refractivity contribution in [3.63, 3.8) is 0 Å². The van der Waals surface area contributed by atoms with Gasteiger partial charge in [-0.15, -0.1) is 0 Å². The number of rotatable bonds is 6. The highest BCUT2D eigenvalue weighted by molar-refractivity contribution is 5.21. The number of hydrogen-bond donors (Lipinski definition) is 2. The molecule has 3 N–H and O–H groups in total. The van der Waals surface area contributed by atoms with Crippen LogP contribution >= 0.6 is 0 Å². The normalized spacial score (nSPS) is 19.4. The van der Waals surface area contributed by atoms with E-state index >= 15 is 0 Å². The topological polar surface area (TPSA) is 56.5 Å². The van der Waals surface area contributed by atoms with Gasteiger partial charge in [0.1, 0.15) is 0 Å². The van der Waals surface area contributed by atoms with Crippen molar-refractivity contribution in [2.45, 2.75) is 37.8 Å². The van der Waals surface area contributed by atoms with E-state index in [2.05, 4.69) is 5.43 Å². The number of ether oxygens (including phenoxy) is 2. The van der Waals surface area contributed by atoms with Crippen molar-refractivity contribution in [2.24, 2.45) is 5.84 Å². The van der Waals surface area contributed by atoms with Gasteiger partial charge < -0.3 is 9.47 Å². The zero-order valence-corrected chi connectivity index (χ0v) is 12.2. The van der Waals surface area contributed by atoms with Crippen LogP contribution in [0.5, 0.6) is 0 Å². The second-order valence-electron chi connectivity index (χ2n) is 5.25. The summed E-state index contributed by atoms with van der Waals surface area (Å²) >= 11 is 0. The van der Waals surface area contributed by atoms with Crippen LogP contribution in [-0.2, 0) is 15.9 Å². The lowest BCUT2D eigenvalue weighted by Crippen LogP contribution is -2.58. The summed E-state index contributed by atoms with van der Waals surface area (Å²) in [4.78, 5) is 0. The van der Waals surface area contributed by atoms with Gasteiger partial charge >= 0.3 is 0 Å². The summed E-state index contributed by atoms with van der Waals surface area (Å²) in [5, 5.41) is 0. The molecule has 1 unspecified atom stereocenters. The van der Waals surface area contributed by atoms with E-state index in [9.17, 15) is 8.78 Å². The smallest absolute Gasteiger partial charge is 0.162 e. The number of hydrazine groups is 1. The monoisotopic (exact) mass is 300 g/mol. The molecule has 1 heterocycles. The fourth-order valence-electron chi connectivity index (χ4n) is 2.92. The lowest BCUT2D eigenvalue weighted by molar-refractivity contribution is -0.126. The highest BCUT2D eigenvalue weighted by atomic mass is 19.2. The highest BCUT2D eigenvalue weighted by Gasteiger charge is 2.41. The van der Waals surface area contributed by atoms with Gasteiger partial charge in [-0.25, -0.2) is 8.78 Å². The molecule has 0 aromatic heterocycles. The third kappa shape index (κ3) is 3.58. The van der Waals surface area contributed by atoms with E-state index in [1.165, 1.54) is 6.07 Å². The fourth-order valence-corrected chi connectivity index (χ4v) is 2.92. The van der Waals surface area contributed by atoms with Crippen molar-refractivity contribution in [3.05, 3.63) is 35.4 Å². The Morgan fingerprint density at radius 1 is 1.38 bits per heavy atom. The molecule has 1 aliphatic heterocycles. The first-order chi connectivity index (χ1) is 10.1. The molecular weight excluding hydrogens is 278 g/mol. The van der Waals surface area contributed by atoms with E-state index < -0.39 is 17.2 Å². The van der Waals surface area contributed by atoms with Gasteiger partial charge in [-0.1, -0.05) is 12.1 Å². The summed E-state index contributed by atoms with van der Waals surface area (Å²) in [6, 6.07) is 3.87. The van der Waals surface area contributed by atoms with Gasteiger partial charge in [0.25, 0.3) is 0 Å². The Morgan fingerprint density at radius 3 is 2.71 bits per heavy atom. The van der Waals surface area contributed by atoms with Crippen molar-refractivity contribution in [2.75, 3.05) is 19.8 Å². The summed E-state index contributed by atoms with van der Waals surface area (Å²) < 4.78 is 38.5. The van der Waals surface area contributed by atoms with Crippen LogP contribution in [0.3, 0.4) is 0 Å². The number of hydrogen-bond acceptors (Lipinski definition) is 4. The number of nitrogens with one attached hydrogen (secondary N) is 1. The maximum Gasteiger partial charge on any atom is 0.162 e. The largest absolute Gasteiger partial charge is 0.381 e. The summed E-state index contributed by atoms with van der Waals surface area (Å²) in [6.45, 7) is 3.59. The molecule has 21 heavy (non-hydrogen) atoms. The lowest BCUT2D eigenvalue weighted by Gasteiger charge is -2.42. The van der Waals surface area contributed by atoms with Gasteiger partial charge in [0.05, 0.1) is 11.6 Å². The molecule has 0 bridgehead atoms. The first-order valence-electron chi connectivity index (χ1n) is 7.23. The summed E-state index contributed by atoms with van der Waals surface area (Å²) in [7, 11) is 0. The molecule has 4 nitrogen and oxygen atoms in total. The van der Waals surface area contributed by atoms with Gasteiger partial charge in [-0.05, 0) is 25.0 Å². The molecule has 1 saturated heterocycles. The Bertz CT molecular complexity index is 459. The summed E-state index contributed by atoms with van der Waals surface area (Å²) in [6.07, 6.45) is 1.61. The highest BCUT2D eigenvalue weighted by Crippen LogP contribution is 2.31. The Hall–Kier alpha value is -1.08. The molecule has 2 rings (SSSR count). The first-order valence-corrected chi connectivity index (χ1v) is 7.23. The predicted octanol–water partition coefficient (Wildman–Crippen LogP) is 1.92. The van der Waals surface area contributed by atoms with Gasteiger partial charge in [0.15, 0.2) is 11.6 Å². The van der Waals surface area contributed by atoms with Crippen LogP contribution in [0.2, 0.25) is 0 Å². The van der Waals surface area contributed by atoms with E-state index in [-0.39, 0.29) is 12.5 Å². The quantitative estimate of drug-likeness (QED) is 0.622. The zero-order valence-electron chi connectivity index (χ0n) is 12.2. The van der Waals surface area contributed by atoms with E-state index in [0.717, 1.165) is 6.07 Å². The molecule has 1 fully saturated rings. The fraction of sp³-hybridized carbons (Fsp3) is 0.600. The maximum atomic E-state index is 13.9. The van der Waals surface area contributed by atoms with E-state index in [1.54, 1.807) is 6.07 Å². The molecule has 1 aromatic rings. The standard InChI is InChI=1S/C15H22F2N2O2/c1-2-21-15(6-8-20-9-7-15)13(19-18)10-11-4-3-5-12(16)14(11)17/h3-5,13,19H,2,6-10,18H2,1H3. The van der Waals surface area contributed by atoms with Crippen molar-refractivity contribution < 1.29 is 18.3 Å². The molecule has 118 valence electrons. The minimum absolute atomic E-state index is 0.264. The molecule has 0 aliphatic carbocycles. The van der Waals surface area contributed by atoms with E-state index in [4.69, 9.17) is 15.3 Å². The minimum atomic E-state index is -0.847. The Balaban J connectivity index is 2.22. The first kappa shape index (κ1) is 16.3. The third-order valence-electron chi connectivity index (χ3n) is 4.06. The second-order valence-corrected chi connectivity index (χ2v) is 5.25. The molecule has 1 atom stereocenters. The molecule has 0 amide bonds. The Kier molecular flexibility index (Phi) is 5.64. The SMILES string of the molecule is CCOC1(C(Cc2cccc(F)c2F)NN)CCOCC1. The van der Waals surface area contributed by atoms with Crippen LogP contribution in [0.4, 0.5) is 8.78 Å². The van der Waals surface area contributed by atoms with Crippen LogP contribution in [-0.4, -0.2) is 31.5 Å². The summed E-state index contributed by atoms with van der Waals surface area (Å²) in [5.41, 5.74) is 2.50. The number of halogens is 2. The Labute approximate surface area is 123 Å². The van der Waals surface area contributed by atoms with Crippen molar-refractivity contribution in [1.82, 2.24) is 5.43 Å². The van der Waals surface area contributed by atoms with Gasteiger partial charge in [-0.3, -0.25) is 11.3 Å². The lowest BCUT2D eigenvalue weighted by atomic mass is 9.83. The van der Waals surface area contributed by atoms with Gasteiger partial charge in [-0.2, -0.15) is 0 Å². The van der Waals surface area contributed by atoms with Crippen LogP contribution in [0.25, 0.3) is 0 Å². The van der Waals surface area contributed by atoms with E-state index in [1.807, 2.05) is 6.92 Å². The van der Waals surface area contributed by atoms with Crippen LogP contribution in [0.15, 0.2) is 18.2 Å². The van der Waals surface area contributed by atoms with Crippen LogP contribution in [0.1, 0.15) is 25.3 Å². The minimum Gasteiger partial charge on any atom is -0.381 e. The van der Waals surface area contributed by atoms with Crippen LogP contribution in [0, 0.1) is 11.6 Å². The maximum absolute atomic E-state index is 13.9. The molecule has 0 saturated carbocycles. The summed E-state index contributed by atoms with van der Waals surface area (Å²) in [5.74, 6) is 4.00. The number of nitrogens with two attached hydrogens (primary N) is 1. The average molecular weight is 300 g/mol. The van der Waals surface area contributed by atoms with Gasteiger partial charge in [0.2, 0.25) is 0 Å². The molecule has 1 aromatic carbocycles. The third-order valence-corrected chi connectivity index (χ3v) is 4.06. The molecule has 6 heteroatoms. The predicted molar refractivity (Wildman–Crippen MR) is 75.6 cm³/mol. The zero-order chi connectivity index (χ0) is 15.3. The van der Waals surface area contributed by atoms with E-state index in [0.29, 0.717) is 38.2 Å². The number of benzene rings is 1. The second kappa shape index (κ2) is 7.26. The van der Waals surface area contributed by atoms with Crippen molar-refractivity contribution >= 4 is 0 Å².